The summed E-state index contributed by atoms with van der Waals surface area (Å²) >= 11 is 5.99. The molecule has 1 fully saturated rings. The average molecular weight is 192 g/mol. The Morgan fingerprint density at radius 1 is 1.58 bits per heavy atom. The molecule has 0 bridgehead atoms. The van der Waals surface area contributed by atoms with Crippen molar-refractivity contribution < 1.29 is 4.74 Å². The van der Waals surface area contributed by atoms with Gasteiger partial charge in [0, 0.05) is 0 Å². The summed E-state index contributed by atoms with van der Waals surface area (Å²) in [6.45, 7) is 10.2. The molecule has 0 amide bonds. The molecule has 0 aromatic carbocycles. The summed E-state index contributed by atoms with van der Waals surface area (Å²) in [5.41, 5.74) is -0.0839. The molecule has 1 saturated heterocycles. The van der Waals surface area contributed by atoms with E-state index >= 15 is 0 Å². The third kappa shape index (κ3) is 2.12. The van der Waals surface area contributed by atoms with Gasteiger partial charge in [-0.2, -0.15) is 0 Å². The zero-order chi connectivity index (χ0) is 9.35. The van der Waals surface area contributed by atoms with Crippen LogP contribution in [0.25, 0.3) is 0 Å². The Bertz CT molecular complexity index is 151. The van der Waals surface area contributed by atoms with Gasteiger partial charge >= 0.3 is 0 Å². The highest BCUT2D eigenvalue weighted by atomic mass is 35.5. The van der Waals surface area contributed by atoms with E-state index in [1.165, 1.54) is 0 Å². The topological polar surface area (TPSA) is 15.1 Å². The van der Waals surface area contributed by atoms with E-state index < -0.39 is 0 Å². The number of hydrogen-bond donors (Lipinski definition) is 0. The van der Waals surface area contributed by atoms with Gasteiger partial charge in [-0.3, -0.25) is 0 Å². The van der Waals surface area contributed by atoms with Gasteiger partial charge < -0.3 is 4.74 Å². The van der Waals surface area contributed by atoms with E-state index in [0.29, 0.717) is 5.92 Å². The van der Waals surface area contributed by atoms with Crippen LogP contribution in [-0.2, 0) is 4.74 Å². The minimum absolute atomic E-state index is 0.0839. The van der Waals surface area contributed by atoms with E-state index in [2.05, 4.69) is 27.7 Å². The van der Waals surface area contributed by atoms with Crippen LogP contribution in [-0.4, -0.2) is 24.8 Å². The number of hydrogen-bond acceptors (Lipinski definition) is 2. The predicted molar refractivity (Wildman–Crippen MR) is 51.5 cm³/mol. The van der Waals surface area contributed by atoms with Crippen LogP contribution in [0.3, 0.4) is 0 Å². The first kappa shape index (κ1) is 10.3. The fourth-order valence-corrected chi connectivity index (χ4v) is 1.97. The van der Waals surface area contributed by atoms with Crippen molar-refractivity contribution in [3.63, 3.8) is 0 Å². The lowest BCUT2D eigenvalue weighted by Gasteiger charge is -2.37. The van der Waals surface area contributed by atoms with Crippen LogP contribution in [0.4, 0.5) is 0 Å². The Morgan fingerprint density at radius 3 is 2.58 bits per heavy atom. The van der Waals surface area contributed by atoms with Crippen LogP contribution >= 0.6 is 11.8 Å². The molecular formula is C9H18ClNO+. The van der Waals surface area contributed by atoms with E-state index in [-0.39, 0.29) is 11.7 Å². The first-order valence-electron chi connectivity index (χ1n) is 4.52. The highest BCUT2D eigenvalue weighted by molar-refractivity contribution is 6.15. The molecule has 0 saturated carbocycles. The Labute approximate surface area is 79.9 Å². The third-order valence-electron chi connectivity index (χ3n) is 2.63. The largest absolute Gasteiger partial charge is 0.360 e. The molecule has 3 heteroatoms. The fourth-order valence-electron chi connectivity index (χ4n) is 1.54. The lowest BCUT2D eigenvalue weighted by atomic mass is 9.90. The lowest BCUT2D eigenvalue weighted by molar-refractivity contribution is -0.129. The van der Waals surface area contributed by atoms with Gasteiger partial charge in [0.05, 0.1) is 0 Å². The molecular weight excluding hydrogens is 174 g/mol. The standard InChI is InChI=1S/C9H18ClNO/c1-7(2)9(4)6-11(10)5-8(3)12-9/h7-8H,5-6H2,1-4H3/q+1. The van der Waals surface area contributed by atoms with Crippen molar-refractivity contribution in [2.75, 3.05) is 13.1 Å². The zero-order valence-electron chi connectivity index (χ0n) is 8.30. The minimum Gasteiger partial charge on any atom is -0.360 e. The van der Waals surface area contributed by atoms with Gasteiger partial charge in [0.1, 0.15) is 11.7 Å². The van der Waals surface area contributed by atoms with Crippen LogP contribution in [0, 0.1) is 5.92 Å². The maximum Gasteiger partial charge on any atom is 0.225 e. The molecule has 0 N–H and O–H groups in total. The van der Waals surface area contributed by atoms with Gasteiger partial charge in [-0.25, -0.2) is 0 Å². The molecule has 71 valence electrons. The molecule has 1 radical (unpaired) electrons. The molecule has 1 aliphatic rings. The molecule has 0 aromatic heterocycles. The van der Waals surface area contributed by atoms with Crippen molar-refractivity contribution in [1.82, 2.24) is 4.42 Å². The van der Waals surface area contributed by atoms with E-state index in [9.17, 15) is 0 Å². The summed E-state index contributed by atoms with van der Waals surface area (Å²) in [4.78, 5) is 0. The summed E-state index contributed by atoms with van der Waals surface area (Å²) in [5, 5.41) is 0. The summed E-state index contributed by atoms with van der Waals surface area (Å²) in [6, 6.07) is 0. The number of halogens is 1. The monoisotopic (exact) mass is 191 g/mol. The Morgan fingerprint density at radius 2 is 2.17 bits per heavy atom. The average Bonchev–Trinajstić information content (AvgIpc) is 1.82. The maximum atomic E-state index is 5.99. The minimum atomic E-state index is -0.0839. The summed E-state index contributed by atoms with van der Waals surface area (Å²) < 4.78 is 7.71. The first-order chi connectivity index (χ1) is 5.44. The smallest absolute Gasteiger partial charge is 0.225 e. The molecule has 0 aliphatic carbocycles. The summed E-state index contributed by atoms with van der Waals surface area (Å²) in [5.74, 6) is 0.501. The number of morpholine rings is 1. The van der Waals surface area contributed by atoms with Gasteiger partial charge in [-0.05, 0) is 19.8 Å². The number of rotatable bonds is 1. The molecule has 0 spiro atoms. The van der Waals surface area contributed by atoms with Gasteiger partial charge in [0.25, 0.3) is 0 Å². The van der Waals surface area contributed by atoms with Crippen molar-refractivity contribution in [1.29, 1.82) is 0 Å². The van der Waals surface area contributed by atoms with Crippen molar-refractivity contribution in [2.24, 2.45) is 5.92 Å². The quantitative estimate of drug-likeness (QED) is 0.580. The third-order valence-corrected chi connectivity index (χ3v) is 2.89. The Balaban J connectivity index is 2.65. The Hall–Kier alpha value is 0.210. The van der Waals surface area contributed by atoms with Crippen LogP contribution < -0.4 is 4.42 Å². The maximum absolute atomic E-state index is 5.99. The molecule has 1 rings (SSSR count). The highest BCUT2D eigenvalue weighted by Crippen LogP contribution is 2.28. The second-order valence-corrected chi connectivity index (χ2v) is 4.68. The van der Waals surface area contributed by atoms with E-state index in [4.69, 9.17) is 16.5 Å². The molecule has 1 aliphatic heterocycles. The van der Waals surface area contributed by atoms with Crippen molar-refractivity contribution >= 4 is 11.8 Å². The normalized spacial score (nSPS) is 39.0. The highest BCUT2D eigenvalue weighted by Gasteiger charge is 2.43. The van der Waals surface area contributed by atoms with E-state index in [1.54, 1.807) is 0 Å². The van der Waals surface area contributed by atoms with Crippen LogP contribution in [0.2, 0.25) is 0 Å². The van der Waals surface area contributed by atoms with Gasteiger partial charge in [-0.1, -0.05) is 18.3 Å². The molecule has 12 heavy (non-hydrogen) atoms. The molecule has 2 nitrogen and oxygen atoms in total. The van der Waals surface area contributed by atoms with E-state index in [1.807, 2.05) is 4.42 Å². The van der Waals surface area contributed by atoms with Gasteiger partial charge in [0.2, 0.25) is 11.8 Å². The Kier molecular flexibility index (Phi) is 3.02. The van der Waals surface area contributed by atoms with Crippen molar-refractivity contribution in [3.05, 3.63) is 0 Å². The lowest BCUT2D eigenvalue weighted by Crippen LogP contribution is -2.55. The first-order valence-corrected chi connectivity index (χ1v) is 4.86. The summed E-state index contributed by atoms with van der Waals surface area (Å²) in [6.07, 6.45) is 0.239. The molecule has 2 atom stereocenters. The van der Waals surface area contributed by atoms with Gasteiger partial charge in [-0.15, -0.1) is 0 Å². The zero-order valence-corrected chi connectivity index (χ0v) is 9.06. The summed E-state index contributed by atoms with van der Waals surface area (Å²) in [7, 11) is 0. The predicted octanol–water partition coefficient (Wildman–Crippen LogP) is 2.11. The SMILES string of the molecule is CC1C[N+](Cl)CC(C)(C(C)C)O1. The fraction of sp³-hybridized carbons (Fsp3) is 1.00. The van der Waals surface area contributed by atoms with Crippen LogP contribution in [0.15, 0.2) is 0 Å². The van der Waals surface area contributed by atoms with Crippen LogP contribution in [0.5, 0.6) is 0 Å². The van der Waals surface area contributed by atoms with E-state index in [0.717, 1.165) is 13.1 Å². The number of nitrogens with zero attached hydrogens (tertiary/aromatic N) is 1. The second-order valence-electron chi connectivity index (χ2n) is 4.20. The molecule has 1 heterocycles. The number of ether oxygens (including phenoxy) is 1. The van der Waals surface area contributed by atoms with Crippen molar-refractivity contribution in [3.8, 4) is 0 Å². The molecule has 0 aromatic rings. The second kappa shape index (κ2) is 3.52. The molecule has 2 unspecified atom stereocenters. The van der Waals surface area contributed by atoms with Crippen molar-refractivity contribution in [2.45, 2.75) is 39.4 Å². The van der Waals surface area contributed by atoms with Crippen LogP contribution in [0.1, 0.15) is 27.7 Å². The van der Waals surface area contributed by atoms with Gasteiger partial charge in [0.15, 0.2) is 13.1 Å².